The van der Waals surface area contributed by atoms with Crippen molar-refractivity contribution in [2.75, 3.05) is 7.11 Å². The largest absolute Gasteiger partial charge is 0.496 e. The van der Waals surface area contributed by atoms with E-state index in [0.29, 0.717) is 29.3 Å². The van der Waals surface area contributed by atoms with Crippen LogP contribution in [0.4, 0.5) is 0 Å². The first-order chi connectivity index (χ1) is 15.7. The predicted octanol–water partition coefficient (Wildman–Crippen LogP) is 3.59. The van der Waals surface area contributed by atoms with Gasteiger partial charge >= 0.3 is 0 Å². The quantitative estimate of drug-likeness (QED) is 0.463. The highest BCUT2D eigenvalue weighted by Gasteiger charge is 2.18. The van der Waals surface area contributed by atoms with E-state index in [1.807, 2.05) is 65.9 Å². The molecule has 158 valence electrons. The Morgan fingerprint density at radius 2 is 1.91 bits per heavy atom. The topological polar surface area (TPSA) is 94.3 Å². The lowest BCUT2D eigenvalue weighted by molar-refractivity contribution is 0.0950. The molecular weight excluding hydrogens is 404 g/mol. The van der Waals surface area contributed by atoms with Crippen LogP contribution < -0.4 is 10.1 Å². The zero-order chi connectivity index (χ0) is 22.1. The molecule has 3 aromatic heterocycles. The van der Waals surface area contributed by atoms with Crippen LogP contribution in [0.1, 0.15) is 21.7 Å². The Morgan fingerprint density at radius 1 is 1.06 bits per heavy atom. The number of carbonyl (C=O) groups is 1. The maximum Gasteiger partial charge on any atom is 0.251 e. The maximum atomic E-state index is 12.8. The summed E-state index contributed by atoms with van der Waals surface area (Å²) in [4.78, 5) is 21.7. The molecule has 0 aliphatic heterocycles. The van der Waals surface area contributed by atoms with Gasteiger partial charge in [0.15, 0.2) is 11.5 Å². The number of pyridine rings is 1. The van der Waals surface area contributed by atoms with E-state index in [1.165, 1.54) is 0 Å². The predicted molar refractivity (Wildman–Crippen MR) is 120 cm³/mol. The van der Waals surface area contributed by atoms with E-state index in [1.54, 1.807) is 19.4 Å². The smallest absolute Gasteiger partial charge is 0.251 e. The van der Waals surface area contributed by atoms with Crippen LogP contribution in [0.3, 0.4) is 0 Å². The molecule has 8 nitrogen and oxygen atoms in total. The fourth-order valence-corrected chi connectivity index (χ4v) is 3.70. The number of amides is 1. The van der Waals surface area contributed by atoms with Crippen molar-refractivity contribution >= 4 is 22.6 Å². The van der Waals surface area contributed by atoms with Crippen molar-refractivity contribution in [3.05, 3.63) is 83.8 Å². The summed E-state index contributed by atoms with van der Waals surface area (Å²) in [5.74, 6) is 1.12. The van der Waals surface area contributed by atoms with E-state index >= 15 is 0 Å². The number of fused-ring (bicyclic) bond motifs is 3. The molecule has 5 aromatic rings. The first-order valence-electron chi connectivity index (χ1n) is 10.1. The van der Waals surface area contributed by atoms with Crippen molar-refractivity contribution in [1.29, 1.82) is 0 Å². The average molecular weight is 424 g/mol. The molecule has 0 saturated heterocycles. The van der Waals surface area contributed by atoms with Crippen LogP contribution in [0.15, 0.2) is 66.9 Å². The second-order valence-corrected chi connectivity index (χ2v) is 7.29. The van der Waals surface area contributed by atoms with E-state index in [-0.39, 0.29) is 5.91 Å². The van der Waals surface area contributed by atoms with E-state index in [9.17, 15) is 4.79 Å². The van der Waals surface area contributed by atoms with Crippen LogP contribution in [0.2, 0.25) is 0 Å². The molecule has 0 aliphatic carbocycles. The van der Waals surface area contributed by atoms with Gasteiger partial charge in [-0.2, -0.15) is 0 Å². The summed E-state index contributed by atoms with van der Waals surface area (Å²) in [7, 11) is 1.62. The SMILES string of the molecule is COc1ccccc1-c1nnc2c(C)nc3ccc(C(=O)NCc4ccccn4)cc3n12. The molecule has 0 atom stereocenters. The molecule has 0 radical (unpaired) electrons. The number of ether oxygens (including phenoxy) is 1. The molecule has 32 heavy (non-hydrogen) atoms. The standard InChI is InChI=1S/C24H20N6O2/c1-15-22-28-29-23(18-8-3-4-9-21(18)32-2)30(22)20-13-16(10-11-19(20)27-15)24(31)26-14-17-7-5-6-12-25-17/h3-13H,14H2,1-2H3,(H,26,31). The summed E-state index contributed by atoms with van der Waals surface area (Å²) in [5.41, 5.74) is 4.97. The van der Waals surface area contributed by atoms with E-state index in [2.05, 4.69) is 25.5 Å². The number of hydrogen-bond acceptors (Lipinski definition) is 6. The van der Waals surface area contributed by atoms with Crippen LogP contribution in [0, 0.1) is 6.92 Å². The molecule has 2 aromatic carbocycles. The monoisotopic (exact) mass is 424 g/mol. The Kier molecular flexibility index (Phi) is 4.95. The van der Waals surface area contributed by atoms with Gasteiger partial charge in [-0.1, -0.05) is 18.2 Å². The first-order valence-corrected chi connectivity index (χ1v) is 10.1. The van der Waals surface area contributed by atoms with Crippen molar-refractivity contribution in [2.24, 2.45) is 0 Å². The number of benzene rings is 2. The van der Waals surface area contributed by atoms with Gasteiger partial charge in [0.05, 0.1) is 41.6 Å². The van der Waals surface area contributed by atoms with Gasteiger partial charge in [0.25, 0.3) is 5.91 Å². The fourth-order valence-electron chi connectivity index (χ4n) is 3.70. The van der Waals surface area contributed by atoms with Crippen molar-refractivity contribution in [1.82, 2.24) is 29.9 Å². The van der Waals surface area contributed by atoms with E-state index in [4.69, 9.17) is 4.74 Å². The number of hydrogen-bond donors (Lipinski definition) is 1. The third-order valence-electron chi connectivity index (χ3n) is 5.26. The molecule has 8 heteroatoms. The van der Waals surface area contributed by atoms with Gasteiger partial charge in [0, 0.05) is 11.8 Å². The van der Waals surface area contributed by atoms with Crippen LogP contribution >= 0.6 is 0 Å². The number of methoxy groups -OCH3 is 1. The van der Waals surface area contributed by atoms with Crippen LogP contribution in [-0.4, -0.2) is 37.6 Å². The number of aryl methyl sites for hydroxylation is 1. The number of carbonyl (C=O) groups excluding carboxylic acids is 1. The summed E-state index contributed by atoms with van der Waals surface area (Å²) in [5, 5.41) is 11.7. The Hall–Kier alpha value is -4.33. The van der Waals surface area contributed by atoms with Crippen molar-refractivity contribution in [3.8, 4) is 17.1 Å². The van der Waals surface area contributed by atoms with Gasteiger partial charge in [0.1, 0.15) is 5.75 Å². The Morgan fingerprint density at radius 3 is 2.72 bits per heavy atom. The van der Waals surface area contributed by atoms with Crippen molar-refractivity contribution in [2.45, 2.75) is 13.5 Å². The minimum absolute atomic E-state index is 0.196. The van der Waals surface area contributed by atoms with E-state index in [0.717, 1.165) is 28.0 Å². The molecular formula is C24H20N6O2. The van der Waals surface area contributed by atoms with Crippen molar-refractivity contribution < 1.29 is 9.53 Å². The summed E-state index contributed by atoms with van der Waals surface area (Å²) in [6.45, 7) is 2.24. The molecule has 0 fully saturated rings. The van der Waals surface area contributed by atoms with Crippen LogP contribution in [0.5, 0.6) is 5.75 Å². The maximum absolute atomic E-state index is 12.8. The van der Waals surface area contributed by atoms with Gasteiger partial charge in [-0.15, -0.1) is 10.2 Å². The minimum Gasteiger partial charge on any atom is -0.496 e. The summed E-state index contributed by atoms with van der Waals surface area (Å²) in [6.07, 6.45) is 1.70. The molecule has 5 rings (SSSR count). The number of nitrogens with one attached hydrogen (secondary N) is 1. The lowest BCUT2D eigenvalue weighted by atomic mass is 10.1. The summed E-state index contributed by atoms with van der Waals surface area (Å²) >= 11 is 0. The number of rotatable bonds is 5. The molecule has 1 N–H and O–H groups in total. The minimum atomic E-state index is -0.196. The zero-order valence-corrected chi connectivity index (χ0v) is 17.6. The van der Waals surface area contributed by atoms with E-state index < -0.39 is 0 Å². The summed E-state index contributed by atoms with van der Waals surface area (Å²) < 4.78 is 7.45. The summed E-state index contributed by atoms with van der Waals surface area (Å²) in [6, 6.07) is 18.6. The highest BCUT2D eigenvalue weighted by molar-refractivity contribution is 5.98. The van der Waals surface area contributed by atoms with Crippen LogP contribution in [-0.2, 0) is 6.54 Å². The lowest BCUT2D eigenvalue weighted by Gasteiger charge is -2.11. The molecule has 0 bridgehead atoms. The number of para-hydroxylation sites is 1. The molecule has 0 unspecified atom stereocenters. The van der Waals surface area contributed by atoms with Gasteiger partial charge in [0.2, 0.25) is 0 Å². The fraction of sp³-hybridized carbons (Fsp3) is 0.125. The Balaban J connectivity index is 1.61. The normalized spacial score (nSPS) is 11.1. The second kappa shape index (κ2) is 8.07. The second-order valence-electron chi connectivity index (χ2n) is 7.29. The third kappa shape index (κ3) is 3.41. The van der Waals surface area contributed by atoms with Crippen molar-refractivity contribution in [3.63, 3.8) is 0 Å². The molecule has 0 spiro atoms. The van der Waals surface area contributed by atoms with Gasteiger partial charge in [-0.25, -0.2) is 4.98 Å². The molecule has 3 heterocycles. The first kappa shape index (κ1) is 19.6. The molecule has 0 saturated carbocycles. The number of aromatic nitrogens is 5. The van der Waals surface area contributed by atoms with Crippen LogP contribution in [0.25, 0.3) is 28.1 Å². The number of nitrogens with zero attached hydrogens (tertiary/aromatic N) is 5. The zero-order valence-electron chi connectivity index (χ0n) is 17.6. The Bertz CT molecular complexity index is 1450. The lowest BCUT2D eigenvalue weighted by Crippen LogP contribution is -2.23. The molecule has 0 aliphatic rings. The average Bonchev–Trinajstić information content (AvgIpc) is 3.29. The Labute approximate surface area is 183 Å². The molecule has 1 amide bonds. The van der Waals surface area contributed by atoms with Gasteiger partial charge in [-0.05, 0) is 49.4 Å². The highest BCUT2D eigenvalue weighted by atomic mass is 16.5. The third-order valence-corrected chi connectivity index (χ3v) is 5.26. The van der Waals surface area contributed by atoms with Gasteiger partial charge < -0.3 is 10.1 Å². The highest BCUT2D eigenvalue weighted by Crippen LogP contribution is 2.31. The van der Waals surface area contributed by atoms with Gasteiger partial charge in [-0.3, -0.25) is 14.2 Å².